The van der Waals surface area contributed by atoms with Crippen molar-refractivity contribution in [2.24, 2.45) is 0 Å². The molecule has 0 radical (unpaired) electrons. The van der Waals surface area contributed by atoms with Crippen LogP contribution in [0.25, 0.3) is 5.53 Å². The van der Waals surface area contributed by atoms with Crippen molar-refractivity contribution >= 4 is 12.2 Å². The Morgan fingerprint density at radius 3 is 2.61 bits per heavy atom. The Morgan fingerprint density at radius 1 is 1.17 bits per heavy atom. The molecular formula is C14H18N2O2. The number of carbonyl (C=O) groups excluding carboxylic acids is 1. The molecule has 0 saturated heterocycles. The number of hydrogen-bond donors (Lipinski definition) is 0. The molecule has 0 bridgehead atoms. The summed E-state index contributed by atoms with van der Waals surface area (Å²) in [5.41, 5.74) is 9.45. The molecule has 0 heterocycles. The third-order valence-corrected chi connectivity index (χ3v) is 2.61. The molecule has 0 atom stereocenters. The molecule has 0 spiro atoms. The lowest BCUT2D eigenvalue weighted by molar-refractivity contribution is -0.139. The van der Waals surface area contributed by atoms with E-state index in [1.165, 1.54) is 5.56 Å². The standard InChI is InChI=1S/C14H18N2O2/c15-16-12-14(17)18-11-7-2-1-4-8-13-9-5-3-6-10-13/h3,5-6,9-10,12H,1-2,4,7-8,11H2. The van der Waals surface area contributed by atoms with Crippen LogP contribution in [0.2, 0.25) is 0 Å². The monoisotopic (exact) mass is 246 g/mol. The highest BCUT2D eigenvalue weighted by Gasteiger charge is 2.01. The van der Waals surface area contributed by atoms with Gasteiger partial charge in [0.2, 0.25) is 0 Å². The van der Waals surface area contributed by atoms with Gasteiger partial charge in [-0.25, -0.2) is 4.79 Å². The Morgan fingerprint density at radius 2 is 1.89 bits per heavy atom. The first-order valence-electron chi connectivity index (χ1n) is 6.21. The van der Waals surface area contributed by atoms with Crippen molar-refractivity contribution in [3.63, 3.8) is 0 Å². The zero-order chi connectivity index (χ0) is 13.1. The summed E-state index contributed by atoms with van der Waals surface area (Å²) in [5, 5.41) is 0. The van der Waals surface area contributed by atoms with Crippen LogP contribution in [0.15, 0.2) is 30.3 Å². The lowest BCUT2D eigenvalue weighted by Gasteiger charge is -2.02. The summed E-state index contributed by atoms with van der Waals surface area (Å²) < 4.78 is 4.80. The number of aryl methyl sites for hydroxylation is 1. The Kier molecular flexibility index (Phi) is 7.17. The topological polar surface area (TPSA) is 62.7 Å². The van der Waals surface area contributed by atoms with Crippen molar-refractivity contribution in [2.45, 2.75) is 32.1 Å². The van der Waals surface area contributed by atoms with Crippen molar-refractivity contribution in [3.8, 4) is 0 Å². The molecule has 0 saturated carbocycles. The zero-order valence-electron chi connectivity index (χ0n) is 10.4. The van der Waals surface area contributed by atoms with E-state index in [2.05, 4.69) is 29.1 Å². The van der Waals surface area contributed by atoms with Crippen molar-refractivity contribution in [2.75, 3.05) is 6.61 Å². The van der Waals surface area contributed by atoms with Crippen LogP contribution in [-0.2, 0) is 16.0 Å². The average molecular weight is 246 g/mol. The van der Waals surface area contributed by atoms with Crippen molar-refractivity contribution in [1.82, 2.24) is 0 Å². The number of carbonyl (C=O) groups is 1. The smallest absolute Gasteiger partial charge is 0.413 e. The molecule has 0 unspecified atom stereocenters. The van der Waals surface area contributed by atoms with Gasteiger partial charge in [0.05, 0.1) is 6.61 Å². The van der Waals surface area contributed by atoms with Gasteiger partial charge >= 0.3 is 12.2 Å². The summed E-state index contributed by atoms with van der Waals surface area (Å²) in [6.45, 7) is 0.385. The van der Waals surface area contributed by atoms with Crippen LogP contribution >= 0.6 is 0 Å². The highest BCUT2D eigenvalue weighted by molar-refractivity contribution is 6.20. The van der Waals surface area contributed by atoms with Gasteiger partial charge in [-0.2, -0.15) is 4.79 Å². The van der Waals surface area contributed by atoms with Gasteiger partial charge in [0.15, 0.2) is 0 Å². The maximum atomic E-state index is 10.8. The van der Waals surface area contributed by atoms with Gasteiger partial charge in [0.25, 0.3) is 0 Å². The number of nitrogens with zero attached hydrogens (tertiary/aromatic N) is 2. The van der Waals surface area contributed by atoms with E-state index in [4.69, 9.17) is 10.3 Å². The van der Waals surface area contributed by atoms with Crippen LogP contribution in [0, 0.1) is 0 Å². The maximum Gasteiger partial charge on any atom is 0.413 e. The molecule has 0 fully saturated rings. The van der Waals surface area contributed by atoms with E-state index in [1.807, 2.05) is 6.07 Å². The molecule has 0 aliphatic heterocycles. The molecular weight excluding hydrogens is 228 g/mol. The van der Waals surface area contributed by atoms with E-state index < -0.39 is 5.97 Å². The fourth-order valence-electron chi connectivity index (χ4n) is 1.69. The van der Waals surface area contributed by atoms with Crippen molar-refractivity contribution < 1.29 is 14.3 Å². The van der Waals surface area contributed by atoms with Gasteiger partial charge in [0.1, 0.15) is 0 Å². The number of unbranched alkanes of at least 4 members (excludes halogenated alkanes) is 3. The van der Waals surface area contributed by atoms with Gasteiger partial charge in [-0.05, 0) is 24.8 Å². The van der Waals surface area contributed by atoms with Crippen molar-refractivity contribution in [3.05, 3.63) is 41.4 Å². The van der Waals surface area contributed by atoms with E-state index >= 15 is 0 Å². The fraction of sp³-hybridized carbons (Fsp3) is 0.429. The van der Waals surface area contributed by atoms with E-state index in [1.54, 1.807) is 0 Å². The number of rotatable bonds is 8. The first-order valence-corrected chi connectivity index (χ1v) is 6.21. The molecule has 0 N–H and O–H groups in total. The van der Waals surface area contributed by atoms with Crippen LogP contribution in [0.4, 0.5) is 0 Å². The number of esters is 1. The minimum Gasteiger partial charge on any atom is -0.457 e. The third-order valence-electron chi connectivity index (χ3n) is 2.61. The second kappa shape index (κ2) is 9.14. The Hall–Kier alpha value is -1.93. The normalized spacial score (nSPS) is 9.56. The van der Waals surface area contributed by atoms with Crippen LogP contribution in [0.1, 0.15) is 31.2 Å². The quantitative estimate of drug-likeness (QED) is 0.233. The van der Waals surface area contributed by atoms with Gasteiger partial charge < -0.3 is 10.3 Å². The summed E-state index contributed by atoms with van der Waals surface area (Å²) in [7, 11) is 0. The molecule has 1 aromatic rings. The van der Waals surface area contributed by atoms with E-state index in [0.29, 0.717) is 6.61 Å². The van der Waals surface area contributed by atoms with E-state index in [9.17, 15) is 4.79 Å². The molecule has 1 rings (SSSR count). The molecule has 96 valence electrons. The van der Waals surface area contributed by atoms with Gasteiger partial charge in [-0.1, -0.05) is 43.2 Å². The summed E-state index contributed by atoms with van der Waals surface area (Å²) >= 11 is 0. The first kappa shape index (κ1) is 14.1. The maximum absolute atomic E-state index is 10.8. The largest absolute Gasteiger partial charge is 0.457 e. The number of benzene rings is 1. The van der Waals surface area contributed by atoms with Crippen LogP contribution < -0.4 is 0 Å². The molecule has 0 amide bonds. The third kappa shape index (κ3) is 6.61. The molecule has 0 aliphatic rings. The van der Waals surface area contributed by atoms with Gasteiger partial charge in [0, 0.05) is 0 Å². The first-order chi connectivity index (χ1) is 8.83. The molecule has 1 aromatic carbocycles. The minimum atomic E-state index is -0.596. The van der Waals surface area contributed by atoms with E-state index in [-0.39, 0.29) is 0 Å². The summed E-state index contributed by atoms with van der Waals surface area (Å²) in [6, 6.07) is 10.4. The molecule has 0 aliphatic carbocycles. The Bertz CT molecular complexity index is 398. The average Bonchev–Trinajstić information content (AvgIpc) is 2.39. The second-order valence-electron chi connectivity index (χ2n) is 4.06. The minimum absolute atomic E-state index is 0.385. The number of ether oxygens (including phenoxy) is 1. The Labute approximate surface area is 107 Å². The molecule has 0 aromatic heterocycles. The SMILES string of the molecule is [N-]=[N+]=CC(=O)OCCCCCCc1ccccc1. The lowest BCUT2D eigenvalue weighted by atomic mass is 10.1. The van der Waals surface area contributed by atoms with Crippen molar-refractivity contribution in [1.29, 1.82) is 0 Å². The zero-order valence-corrected chi connectivity index (χ0v) is 10.4. The van der Waals surface area contributed by atoms with Crippen LogP contribution in [-0.4, -0.2) is 23.6 Å². The highest BCUT2D eigenvalue weighted by Crippen LogP contribution is 2.07. The summed E-state index contributed by atoms with van der Waals surface area (Å²) in [6.07, 6.45) is 6.01. The molecule has 18 heavy (non-hydrogen) atoms. The predicted molar refractivity (Wildman–Crippen MR) is 69.3 cm³/mol. The molecule has 4 nitrogen and oxygen atoms in total. The van der Waals surface area contributed by atoms with E-state index in [0.717, 1.165) is 38.3 Å². The van der Waals surface area contributed by atoms with Gasteiger partial charge in [-0.15, -0.1) is 0 Å². The van der Waals surface area contributed by atoms with Crippen LogP contribution in [0.5, 0.6) is 0 Å². The Balaban J connectivity index is 1.96. The van der Waals surface area contributed by atoms with Gasteiger partial charge in [-0.3, -0.25) is 0 Å². The highest BCUT2D eigenvalue weighted by atomic mass is 16.5. The lowest BCUT2D eigenvalue weighted by Crippen LogP contribution is -2.07. The summed E-state index contributed by atoms with van der Waals surface area (Å²) in [5.74, 6) is -0.596. The predicted octanol–water partition coefficient (Wildman–Crippen LogP) is 2.63. The number of hydrogen-bond acceptors (Lipinski definition) is 2. The fourth-order valence-corrected chi connectivity index (χ4v) is 1.69. The molecule has 4 heteroatoms. The second-order valence-corrected chi connectivity index (χ2v) is 4.06. The summed E-state index contributed by atoms with van der Waals surface area (Å²) in [4.78, 5) is 13.4. The van der Waals surface area contributed by atoms with Crippen LogP contribution in [0.3, 0.4) is 0 Å².